The van der Waals surface area contributed by atoms with Crippen molar-refractivity contribution in [3.8, 4) is 0 Å². The summed E-state index contributed by atoms with van der Waals surface area (Å²) in [5.41, 5.74) is 5.54. The molecule has 4 nitrogen and oxygen atoms in total. The summed E-state index contributed by atoms with van der Waals surface area (Å²) in [6, 6.07) is 3.14. The zero-order chi connectivity index (χ0) is 12.3. The molecule has 0 unspecified atom stereocenters. The molecular formula is C10H9Cl2NO3. The highest BCUT2D eigenvalue weighted by molar-refractivity contribution is 6.42. The molecule has 0 saturated heterocycles. The molecule has 0 bridgehead atoms. The summed E-state index contributed by atoms with van der Waals surface area (Å²) in [6.07, 6.45) is -0.271. The summed E-state index contributed by atoms with van der Waals surface area (Å²) in [7, 11) is 0. The summed E-state index contributed by atoms with van der Waals surface area (Å²) in [5.74, 6) is -1.60. The van der Waals surface area contributed by atoms with E-state index in [4.69, 9.17) is 34.0 Å². The fraction of sp³-hybridized carbons (Fsp3) is 0.200. The van der Waals surface area contributed by atoms with Crippen LogP contribution in [0.2, 0.25) is 10.0 Å². The summed E-state index contributed by atoms with van der Waals surface area (Å²) in [5, 5.41) is 9.13. The number of Topliss-reactive ketones (excluding diaryl/α,β-unsaturated/α-hetero) is 1. The fourth-order valence-electron chi connectivity index (χ4n) is 1.07. The summed E-state index contributed by atoms with van der Waals surface area (Å²) < 4.78 is 0. The molecule has 1 rings (SSSR count). The highest BCUT2D eigenvalue weighted by Crippen LogP contribution is 2.23. The summed E-state index contributed by atoms with van der Waals surface area (Å²) in [6.45, 7) is 0. The number of carbonyl (C=O) groups is 2. The molecular weight excluding hydrogens is 253 g/mol. The third-order valence-electron chi connectivity index (χ3n) is 1.96. The van der Waals surface area contributed by atoms with E-state index >= 15 is 0 Å². The van der Waals surface area contributed by atoms with E-state index in [9.17, 15) is 9.59 Å². The van der Waals surface area contributed by atoms with Gasteiger partial charge in [-0.25, -0.2) is 0 Å². The molecule has 3 N–H and O–H groups in total. The number of carboxylic acids is 1. The molecule has 0 aliphatic heterocycles. The first kappa shape index (κ1) is 13.0. The van der Waals surface area contributed by atoms with Gasteiger partial charge in [0.25, 0.3) is 0 Å². The topological polar surface area (TPSA) is 80.4 Å². The van der Waals surface area contributed by atoms with E-state index in [-0.39, 0.29) is 17.2 Å². The molecule has 0 amide bonds. The van der Waals surface area contributed by atoms with E-state index < -0.39 is 12.0 Å². The maximum atomic E-state index is 11.6. The number of hydrogen-bond donors (Lipinski definition) is 2. The van der Waals surface area contributed by atoms with Gasteiger partial charge in [0.1, 0.15) is 6.04 Å². The number of ketones is 1. The van der Waals surface area contributed by atoms with Gasteiger partial charge >= 0.3 is 5.97 Å². The lowest BCUT2D eigenvalue weighted by Crippen LogP contribution is -2.32. The summed E-state index contributed by atoms with van der Waals surface area (Å²) in [4.78, 5) is 22.0. The lowest BCUT2D eigenvalue weighted by atomic mass is 10.0. The molecule has 0 aliphatic rings. The Hall–Kier alpha value is -1.10. The second kappa shape index (κ2) is 5.30. The smallest absolute Gasteiger partial charge is 0.320 e. The zero-order valence-electron chi connectivity index (χ0n) is 8.11. The number of nitrogens with two attached hydrogens (primary N) is 1. The van der Waals surface area contributed by atoms with Crippen molar-refractivity contribution < 1.29 is 14.7 Å². The van der Waals surface area contributed by atoms with E-state index in [1.54, 1.807) is 0 Å². The Balaban J connectivity index is 2.81. The highest BCUT2D eigenvalue weighted by atomic mass is 35.5. The molecule has 0 radical (unpaired) electrons. The lowest BCUT2D eigenvalue weighted by molar-refractivity contribution is -0.138. The number of hydrogen-bond acceptors (Lipinski definition) is 3. The van der Waals surface area contributed by atoms with Crippen molar-refractivity contribution in [1.82, 2.24) is 0 Å². The van der Waals surface area contributed by atoms with Crippen LogP contribution in [0.25, 0.3) is 0 Å². The lowest BCUT2D eigenvalue weighted by Gasteiger charge is -2.06. The molecule has 0 aromatic heterocycles. The Bertz CT molecular complexity index is 434. The van der Waals surface area contributed by atoms with Crippen LogP contribution in [0.5, 0.6) is 0 Å². The van der Waals surface area contributed by atoms with Crippen LogP contribution in [0.1, 0.15) is 16.8 Å². The van der Waals surface area contributed by atoms with Gasteiger partial charge in [-0.3, -0.25) is 9.59 Å². The number of carbonyl (C=O) groups excluding carboxylic acids is 1. The van der Waals surface area contributed by atoms with E-state index in [1.165, 1.54) is 18.2 Å². The second-order valence-electron chi connectivity index (χ2n) is 3.20. The highest BCUT2D eigenvalue weighted by Gasteiger charge is 2.17. The predicted molar refractivity (Wildman–Crippen MR) is 61.0 cm³/mol. The first-order valence-corrected chi connectivity index (χ1v) is 5.14. The first-order chi connectivity index (χ1) is 7.41. The molecule has 86 valence electrons. The van der Waals surface area contributed by atoms with Gasteiger partial charge in [0.2, 0.25) is 0 Å². The zero-order valence-corrected chi connectivity index (χ0v) is 9.63. The standard InChI is InChI=1S/C10H9Cl2NO3/c11-6-2-1-5(3-7(6)12)9(14)4-8(13)10(15)16/h1-3,8H,4,13H2,(H,15,16)/t8-/m1/s1. The Morgan fingerprint density at radius 1 is 1.31 bits per heavy atom. The van der Waals surface area contributed by atoms with E-state index in [0.29, 0.717) is 10.6 Å². The van der Waals surface area contributed by atoms with Crippen LogP contribution < -0.4 is 5.73 Å². The molecule has 0 spiro atoms. The Kier molecular flexibility index (Phi) is 4.29. The minimum atomic E-state index is -1.21. The van der Waals surface area contributed by atoms with Crippen LogP contribution >= 0.6 is 23.2 Å². The molecule has 0 fully saturated rings. The Labute approximate surface area is 102 Å². The van der Waals surface area contributed by atoms with Crippen molar-refractivity contribution in [2.75, 3.05) is 0 Å². The predicted octanol–water partition coefficient (Wildman–Crippen LogP) is 1.98. The van der Waals surface area contributed by atoms with E-state index in [2.05, 4.69) is 0 Å². The molecule has 0 saturated carbocycles. The van der Waals surface area contributed by atoms with Crippen molar-refractivity contribution in [1.29, 1.82) is 0 Å². The molecule has 1 aromatic rings. The molecule has 1 atom stereocenters. The SMILES string of the molecule is N[C@H](CC(=O)c1ccc(Cl)c(Cl)c1)C(=O)O. The molecule has 6 heteroatoms. The third-order valence-corrected chi connectivity index (χ3v) is 2.70. The minimum absolute atomic E-state index is 0.247. The Morgan fingerprint density at radius 3 is 2.44 bits per heavy atom. The monoisotopic (exact) mass is 261 g/mol. The van der Waals surface area contributed by atoms with Crippen molar-refractivity contribution in [3.63, 3.8) is 0 Å². The van der Waals surface area contributed by atoms with Gasteiger partial charge in [0.05, 0.1) is 10.0 Å². The largest absolute Gasteiger partial charge is 0.480 e. The van der Waals surface area contributed by atoms with Gasteiger partial charge in [0.15, 0.2) is 5.78 Å². The van der Waals surface area contributed by atoms with Gasteiger partial charge in [-0.1, -0.05) is 23.2 Å². The number of benzene rings is 1. The number of carboxylic acid groups (broad SMARTS) is 1. The van der Waals surface area contributed by atoms with E-state index in [0.717, 1.165) is 0 Å². The minimum Gasteiger partial charge on any atom is -0.480 e. The van der Waals surface area contributed by atoms with Crippen LogP contribution in [-0.4, -0.2) is 22.9 Å². The fourth-order valence-corrected chi connectivity index (χ4v) is 1.37. The quantitative estimate of drug-likeness (QED) is 0.813. The average Bonchev–Trinajstić information content (AvgIpc) is 2.21. The van der Waals surface area contributed by atoms with Crippen molar-refractivity contribution >= 4 is 35.0 Å². The molecule has 16 heavy (non-hydrogen) atoms. The van der Waals surface area contributed by atoms with Gasteiger partial charge in [0, 0.05) is 12.0 Å². The number of halogens is 2. The van der Waals surface area contributed by atoms with Crippen LogP contribution in [0.3, 0.4) is 0 Å². The van der Waals surface area contributed by atoms with Crippen LogP contribution in [-0.2, 0) is 4.79 Å². The average molecular weight is 262 g/mol. The van der Waals surface area contributed by atoms with E-state index in [1.807, 2.05) is 0 Å². The Morgan fingerprint density at radius 2 is 1.94 bits per heavy atom. The number of rotatable bonds is 4. The van der Waals surface area contributed by atoms with Crippen molar-refractivity contribution in [3.05, 3.63) is 33.8 Å². The van der Waals surface area contributed by atoms with Crippen molar-refractivity contribution in [2.24, 2.45) is 5.73 Å². The molecule has 1 aromatic carbocycles. The third kappa shape index (κ3) is 3.20. The number of aliphatic carboxylic acids is 1. The first-order valence-electron chi connectivity index (χ1n) is 4.38. The normalized spacial score (nSPS) is 12.2. The maximum Gasteiger partial charge on any atom is 0.320 e. The van der Waals surface area contributed by atoms with Crippen LogP contribution in [0, 0.1) is 0 Å². The molecule has 0 aliphatic carbocycles. The molecule has 0 heterocycles. The van der Waals surface area contributed by atoms with Crippen molar-refractivity contribution in [2.45, 2.75) is 12.5 Å². The van der Waals surface area contributed by atoms with Gasteiger partial charge in [-0.15, -0.1) is 0 Å². The van der Waals surface area contributed by atoms with Crippen LogP contribution in [0.15, 0.2) is 18.2 Å². The van der Waals surface area contributed by atoms with Crippen LogP contribution in [0.4, 0.5) is 0 Å². The van der Waals surface area contributed by atoms with Gasteiger partial charge in [-0.05, 0) is 18.2 Å². The summed E-state index contributed by atoms with van der Waals surface area (Å²) >= 11 is 11.4. The van der Waals surface area contributed by atoms with Gasteiger partial charge < -0.3 is 10.8 Å². The maximum absolute atomic E-state index is 11.6. The second-order valence-corrected chi connectivity index (χ2v) is 4.02. The van der Waals surface area contributed by atoms with Gasteiger partial charge in [-0.2, -0.15) is 0 Å².